The van der Waals surface area contributed by atoms with Gasteiger partial charge in [-0.1, -0.05) is 67.6 Å². The fraction of sp³-hybridized carbons (Fsp3) is 0.344. The van der Waals surface area contributed by atoms with Gasteiger partial charge >= 0.3 is 0 Å². The van der Waals surface area contributed by atoms with Crippen LogP contribution in [0, 0.1) is 10.1 Å². The number of hydrogen-bond acceptors (Lipinski definition) is 4. The number of amides is 1. The molecule has 3 aromatic carbocycles. The first-order chi connectivity index (χ1) is 18.8. The maximum atomic E-state index is 14.0. The van der Waals surface area contributed by atoms with E-state index < -0.39 is 4.92 Å². The van der Waals surface area contributed by atoms with Gasteiger partial charge in [-0.2, -0.15) is 0 Å². The molecule has 0 saturated heterocycles. The summed E-state index contributed by atoms with van der Waals surface area (Å²) in [5, 5.41) is 13.0. The molecule has 1 N–H and O–H groups in total. The molecule has 7 heteroatoms. The summed E-state index contributed by atoms with van der Waals surface area (Å²) >= 11 is 0. The first-order valence-corrected chi connectivity index (χ1v) is 13.7. The van der Waals surface area contributed by atoms with Crippen LogP contribution >= 0.6 is 0 Å². The Labute approximate surface area is 229 Å². The van der Waals surface area contributed by atoms with E-state index >= 15 is 0 Å². The third-order valence-electron chi connectivity index (χ3n) is 8.62. The highest BCUT2D eigenvalue weighted by molar-refractivity contribution is 5.99. The largest absolute Gasteiger partial charge is 0.356 e. The zero-order valence-corrected chi connectivity index (χ0v) is 22.9. The minimum atomic E-state index is -0.464. The Hall–Kier alpha value is -3.97. The molecular weight excluding hydrogens is 488 g/mol. The number of rotatable bonds is 9. The van der Waals surface area contributed by atoms with E-state index in [1.165, 1.54) is 22.6 Å². The highest BCUT2D eigenvalue weighted by Gasteiger charge is 2.39. The molecule has 0 spiro atoms. The molecule has 1 aliphatic heterocycles. The number of carbonyl (C=O) groups excluding carboxylic acids is 1. The van der Waals surface area contributed by atoms with E-state index in [2.05, 4.69) is 67.3 Å². The molecule has 5 rings (SSSR count). The number of likely N-dealkylation sites (N-methyl/N-ethyl adjacent to an activating group) is 1. The number of H-pyrrole nitrogens is 1. The molecule has 2 atom stereocenters. The second-order valence-electron chi connectivity index (χ2n) is 10.8. The van der Waals surface area contributed by atoms with Crippen molar-refractivity contribution in [2.75, 3.05) is 20.6 Å². The Balaban J connectivity index is 1.54. The quantitative estimate of drug-likeness (QED) is 0.199. The number of carbonyl (C=O) groups is 1. The number of aromatic amines is 1. The van der Waals surface area contributed by atoms with Gasteiger partial charge in [0.1, 0.15) is 5.56 Å². The van der Waals surface area contributed by atoms with Gasteiger partial charge in [0.05, 0.1) is 11.0 Å². The van der Waals surface area contributed by atoms with Crippen LogP contribution < -0.4 is 0 Å². The van der Waals surface area contributed by atoms with Crippen molar-refractivity contribution in [1.29, 1.82) is 0 Å². The van der Waals surface area contributed by atoms with Crippen LogP contribution in [0.4, 0.5) is 5.69 Å². The van der Waals surface area contributed by atoms with E-state index in [-0.39, 0.29) is 28.7 Å². The lowest BCUT2D eigenvalue weighted by Crippen LogP contribution is -2.47. The van der Waals surface area contributed by atoms with Crippen LogP contribution in [0.2, 0.25) is 0 Å². The number of nitrogens with zero attached hydrogens (tertiary/aromatic N) is 3. The molecule has 0 aliphatic carbocycles. The average molecular weight is 525 g/mol. The number of fused-ring (bicyclic) bond motifs is 3. The predicted molar refractivity (Wildman–Crippen MR) is 155 cm³/mol. The van der Waals surface area contributed by atoms with E-state index in [4.69, 9.17) is 0 Å². The lowest BCUT2D eigenvalue weighted by atomic mass is 9.80. The summed E-state index contributed by atoms with van der Waals surface area (Å²) in [6.07, 6.45) is 4.18. The van der Waals surface area contributed by atoms with Gasteiger partial charge in [0.25, 0.3) is 11.6 Å². The Bertz CT molecular complexity index is 1480. The second kappa shape index (κ2) is 11.0. The SMILES string of the molecule is CCC(CCC1c2[nH]c3ccccc3c2CCN1C(=O)c1ccccc1[N+](=O)[O-])(Cc1ccccc1)N(C)C. The lowest BCUT2D eigenvalue weighted by molar-refractivity contribution is -0.385. The molecule has 202 valence electrons. The minimum absolute atomic E-state index is 0.0988. The van der Waals surface area contributed by atoms with Crippen LogP contribution in [-0.4, -0.2) is 51.8 Å². The smallest absolute Gasteiger partial charge is 0.282 e. The highest BCUT2D eigenvalue weighted by Crippen LogP contribution is 2.41. The summed E-state index contributed by atoms with van der Waals surface area (Å²) in [7, 11) is 4.27. The summed E-state index contributed by atoms with van der Waals surface area (Å²) in [6.45, 7) is 2.75. The zero-order chi connectivity index (χ0) is 27.6. The van der Waals surface area contributed by atoms with Gasteiger partial charge in [-0.25, -0.2) is 0 Å². The first-order valence-electron chi connectivity index (χ1n) is 13.7. The van der Waals surface area contributed by atoms with Crippen molar-refractivity contribution in [3.63, 3.8) is 0 Å². The molecule has 0 saturated carbocycles. The topological polar surface area (TPSA) is 82.5 Å². The van der Waals surface area contributed by atoms with Crippen molar-refractivity contribution >= 4 is 22.5 Å². The number of benzene rings is 3. The minimum Gasteiger partial charge on any atom is -0.356 e. The van der Waals surface area contributed by atoms with Crippen molar-refractivity contribution < 1.29 is 9.72 Å². The lowest BCUT2D eigenvalue weighted by Gasteiger charge is -2.43. The normalized spacial score (nSPS) is 16.7. The van der Waals surface area contributed by atoms with Crippen LogP contribution in [0.15, 0.2) is 78.9 Å². The van der Waals surface area contributed by atoms with E-state index in [0.29, 0.717) is 13.0 Å². The molecule has 1 amide bonds. The molecule has 39 heavy (non-hydrogen) atoms. The Morgan fingerprint density at radius 3 is 2.46 bits per heavy atom. The van der Waals surface area contributed by atoms with Crippen LogP contribution in [0.3, 0.4) is 0 Å². The van der Waals surface area contributed by atoms with Crippen molar-refractivity contribution in [1.82, 2.24) is 14.8 Å². The zero-order valence-electron chi connectivity index (χ0n) is 22.9. The Morgan fingerprint density at radius 2 is 1.74 bits per heavy atom. The van der Waals surface area contributed by atoms with Crippen molar-refractivity contribution in [3.05, 3.63) is 111 Å². The van der Waals surface area contributed by atoms with Gasteiger partial charge in [-0.3, -0.25) is 14.9 Å². The van der Waals surface area contributed by atoms with E-state index in [1.807, 2.05) is 23.1 Å². The summed E-state index contributed by atoms with van der Waals surface area (Å²) in [6, 6.07) is 24.9. The van der Waals surface area contributed by atoms with Crippen molar-refractivity contribution in [3.8, 4) is 0 Å². The van der Waals surface area contributed by atoms with Gasteiger partial charge in [0.2, 0.25) is 0 Å². The van der Waals surface area contributed by atoms with Gasteiger partial charge in [-0.15, -0.1) is 0 Å². The molecule has 0 fully saturated rings. The number of hydrogen-bond donors (Lipinski definition) is 1. The van der Waals surface area contributed by atoms with Gasteiger partial charge < -0.3 is 14.8 Å². The fourth-order valence-corrected chi connectivity index (χ4v) is 6.30. The monoisotopic (exact) mass is 524 g/mol. The van der Waals surface area contributed by atoms with Crippen LogP contribution in [0.5, 0.6) is 0 Å². The third-order valence-corrected chi connectivity index (χ3v) is 8.62. The molecule has 0 bridgehead atoms. The maximum Gasteiger partial charge on any atom is 0.282 e. The number of aromatic nitrogens is 1. The number of nitro benzene ring substituents is 1. The molecule has 2 unspecified atom stereocenters. The van der Waals surface area contributed by atoms with Crippen molar-refractivity contribution in [2.45, 2.75) is 50.6 Å². The maximum absolute atomic E-state index is 14.0. The number of nitrogens with one attached hydrogen (secondary N) is 1. The number of nitro groups is 1. The first kappa shape index (κ1) is 26.6. The third kappa shape index (κ3) is 5.06. The van der Waals surface area contributed by atoms with Crippen molar-refractivity contribution in [2.24, 2.45) is 0 Å². The summed E-state index contributed by atoms with van der Waals surface area (Å²) < 4.78 is 0. The summed E-state index contributed by atoms with van der Waals surface area (Å²) in [5.41, 5.74) is 4.55. The Kier molecular flexibility index (Phi) is 7.53. The van der Waals surface area contributed by atoms with Crippen LogP contribution in [-0.2, 0) is 12.8 Å². The molecule has 1 aromatic heterocycles. The van der Waals surface area contributed by atoms with Crippen LogP contribution in [0.25, 0.3) is 10.9 Å². The van der Waals surface area contributed by atoms with E-state index in [1.54, 1.807) is 18.2 Å². The van der Waals surface area contributed by atoms with Gasteiger partial charge in [-0.05, 0) is 69.5 Å². The molecular formula is C32H36N4O3. The van der Waals surface area contributed by atoms with E-state index in [9.17, 15) is 14.9 Å². The average Bonchev–Trinajstić information content (AvgIpc) is 3.34. The standard InChI is InChI=1S/C32H36N4O3/c1-4-32(34(2)3,22-23-12-6-5-7-13-23)20-18-29-30-25(24-14-8-10-16-27(24)33-30)19-21-35(29)31(37)26-15-9-11-17-28(26)36(38)39/h5-17,29,33H,4,18-22H2,1-3H3. The second-order valence-corrected chi connectivity index (χ2v) is 10.8. The van der Waals surface area contributed by atoms with Gasteiger partial charge in [0.15, 0.2) is 0 Å². The Morgan fingerprint density at radius 1 is 1.05 bits per heavy atom. The summed E-state index contributed by atoms with van der Waals surface area (Å²) in [5.74, 6) is -0.286. The molecule has 2 heterocycles. The molecule has 1 aliphatic rings. The predicted octanol–water partition coefficient (Wildman–Crippen LogP) is 6.55. The fourth-order valence-electron chi connectivity index (χ4n) is 6.30. The van der Waals surface area contributed by atoms with Gasteiger partial charge in [0, 0.05) is 34.7 Å². The number of para-hydroxylation sites is 2. The molecule has 0 radical (unpaired) electrons. The van der Waals surface area contributed by atoms with E-state index in [0.717, 1.165) is 36.9 Å². The molecule has 7 nitrogen and oxygen atoms in total. The molecule has 4 aromatic rings. The van der Waals surface area contributed by atoms with Crippen LogP contribution in [0.1, 0.15) is 59.4 Å². The highest BCUT2D eigenvalue weighted by atomic mass is 16.6. The summed E-state index contributed by atoms with van der Waals surface area (Å²) in [4.78, 5) is 33.1.